The van der Waals surface area contributed by atoms with E-state index in [0.29, 0.717) is 11.9 Å². The Labute approximate surface area is 144 Å². The van der Waals surface area contributed by atoms with Gasteiger partial charge in [-0.3, -0.25) is 9.69 Å². The van der Waals surface area contributed by atoms with Crippen LogP contribution in [0.4, 0.5) is 5.82 Å². The minimum Gasteiger partial charge on any atom is -0.379 e. The molecule has 132 valence electrons. The SMILES string of the molecule is CCC(C)(C)C(=O)Nc1cc2c(cn1)CCCC2N1CCOCC1. The summed E-state index contributed by atoms with van der Waals surface area (Å²) in [4.78, 5) is 19.4. The first kappa shape index (κ1) is 17.4. The molecule has 3 rings (SSSR count). The molecule has 1 aromatic rings. The molecule has 1 fully saturated rings. The molecule has 24 heavy (non-hydrogen) atoms. The minimum atomic E-state index is -0.374. The highest BCUT2D eigenvalue weighted by Gasteiger charge is 2.29. The average molecular weight is 331 g/mol. The van der Waals surface area contributed by atoms with Crippen molar-refractivity contribution in [3.05, 3.63) is 23.4 Å². The quantitative estimate of drug-likeness (QED) is 0.921. The van der Waals surface area contributed by atoms with Crippen LogP contribution in [-0.2, 0) is 16.0 Å². The zero-order chi connectivity index (χ0) is 17.2. The first-order chi connectivity index (χ1) is 11.5. The van der Waals surface area contributed by atoms with Crippen molar-refractivity contribution in [2.75, 3.05) is 31.6 Å². The molecular formula is C19H29N3O2. The third kappa shape index (κ3) is 3.62. The Morgan fingerprint density at radius 3 is 2.88 bits per heavy atom. The number of aryl methyl sites for hydroxylation is 1. The molecule has 5 heteroatoms. The Morgan fingerprint density at radius 2 is 2.17 bits per heavy atom. The van der Waals surface area contributed by atoms with Crippen LogP contribution < -0.4 is 5.32 Å². The lowest BCUT2D eigenvalue weighted by Crippen LogP contribution is -2.40. The lowest BCUT2D eigenvalue weighted by molar-refractivity contribution is -0.124. The van der Waals surface area contributed by atoms with Crippen LogP contribution in [0.25, 0.3) is 0 Å². The molecule has 0 spiro atoms. The van der Waals surface area contributed by atoms with E-state index in [4.69, 9.17) is 4.74 Å². The zero-order valence-electron chi connectivity index (χ0n) is 15.1. The normalized spacial score (nSPS) is 22.0. The summed E-state index contributed by atoms with van der Waals surface area (Å²) in [5, 5.41) is 3.01. The van der Waals surface area contributed by atoms with E-state index in [1.54, 1.807) is 0 Å². The maximum absolute atomic E-state index is 12.4. The van der Waals surface area contributed by atoms with Gasteiger partial charge in [0.25, 0.3) is 0 Å². The van der Waals surface area contributed by atoms with Crippen molar-refractivity contribution in [3.63, 3.8) is 0 Å². The summed E-state index contributed by atoms with van der Waals surface area (Å²) in [6, 6.07) is 2.52. The van der Waals surface area contributed by atoms with Crippen molar-refractivity contribution in [2.45, 2.75) is 52.5 Å². The van der Waals surface area contributed by atoms with Crippen LogP contribution in [0.5, 0.6) is 0 Å². The number of aromatic nitrogens is 1. The highest BCUT2D eigenvalue weighted by molar-refractivity contribution is 5.94. The van der Waals surface area contributed by atoms with Crippen LogP contribution in [0.1, 0.15) is 57.2 Å². The molecule has 1 N–H and O–H groups in total. The van der Waals surface area contributed by atoms with Crippen molar-refractivity contribution in [1.82, 2.24) is 9.88 Å². The fraction of sp³-hybridized carbons (Fsp3) is 0.684. The molecule has 0 bridgehead atoms. The van der Waals surface area contributed by atoms with Gasteiger partial charge in [0.15, 0.2) is 0 Å². The van der Waals surface area contributed by atoms with E-state index in [-0.39, 0.29) is 11.3 Å². The van der Waals surface area contributed by atoms with Gasteiger partial charge in [0, 0.05) is 30.7 Å². The number of hydrogen-bond acceptors (Lipinski definition) is 4. The van der Waals surface area contributed by atoms with Gasteiger partial charge in [0.1, 0.15) is 5.82 Å². The lowest BCUT2D eigenvalue weighted by Gasteiger charge is -2.38. The van der Waals surface area contributed by atoms with Gasteiger partial charge >= 0.3 is 0 Å². The van der Waals surface area contributed by atoms with Crippen molar-refractivity contribution < 1.29 is 9.53 Å². The maximum atomic E-state index is 12.4. The first-order valence-corrected chi connectivity index (χ1v) is 9.13. The van der Waals surface area contributed by atoms with Gasteiger partial charge in [-0.1, -0.05) is 20.8 Å². The number of nitrogens with one attached hydrogen (secondary N) is 1. The second kappa shape index (κ2) is 7.19. The molecular weight excluding hydrogens is 302 g/mol. The molecule has 5 nitrogen and oxygen atoms in total. The minimum absolute atomic E-state index is 0.0381. The number of ether oxygens (including phenoxy) is 1. The predicted molar refractivity (Wildman–Crippen MR) is 95.0 cm³/mol. The fourth-order valence-corrected chi connectivity index (χ4v) is 3.44. The summed E-state index contributed by atoms with van der Waals surface area (Å²) in [5.41, 5.74) is 2.29. The number of fused-ring (bicyclic) bond motifs is 1. The van der Waals surface area contributed by atoms with E-state index in [2.05, 4.69) is 21.3 Å². The van der Waals surface area contributed by atoms with Crippen LogP contribution in [0.3, 0.4) is 0 Å². The molecule has 1 unspecified atom stereocenters. The third-order valence-corrected chi connectivity index (χ3v) is 5.53. The van der Waals surface area contributed by atoms with Gasteiger partial charge in [-0.15, -0.1) is 0 Å². The average Bonchev–Trinajstić information content (AvgIpc) is 2.61. The molecule has 1 aliphatic heterocycles. The van der Waals surface area contributed by atoms with Gasteiger partial charge in [0.05, 0.1) is 13.2 Å². The summed E-state index contributed by atoms with van der Waals surface area (Å²) in [5.74, 6) is 0.719. The number of carbonyl (C=O) groups is 1. The molecule has 2 heterocycles. The third-order valence-electron chi connectivity index (χ3n) is 5.53. The number of hydrogen-bond donors (Lipinski definition) is 1. The van der Waals surface area contributed by atoms with Crippen LogP contribution in [0.2, 0.25) is 0 Å². The van der Waals surface area contributed by atoms with Crippen molar-refractivity contribution >= 4 is 11.7 Å². The molecule has 1 aromatic heterocycles. The number of pyridine rings is 1. The van der Waals surface area contributed by atoms with E-state index < -0.39 is 0 Å². The van der Waals surface area contributed by atoms with E-state index in [9.17, 15) is 4.79 Å². The van der Waals surface area contributed by atoms with Crippen molar-refractivity contribution in [1.29, 1.82) is 0 Å². The Kier molecular flexibility index (Phi) is 5.21. The van der Waals surface area contributed by atoms with Crippen molar-refractivity contribution in [2.24, 2.45) is 5.41 Å². The zero-order valence-corrected chi connectivity index (χ0v) is 15.1. The second-order valence-electron chi connectivity index (χ2n) is 7.52. The van der Waals surface area contributed by atoms with Gasteiger partial charge in [-0.2, -0.15) is 0 Å². The predicted octanol–water partition coefficient (Wildman–Crippen LogP) is 3.17. The van der Waals surface area contributed by atoms with Crippen LogP contribution >= 0.6 is 0 Å². The number of rotatable bonds is 4. The number of carbonyl (C=O) groups excluding carboxylic acids is 1. The Morgan fingerprint density at radius 1 is 1.42 bits per heavy atom. The Hall–Kier alpha value is -1.46. The molecule has 1 aliphatic carbocycles. The van der Waals surface area contributed by atoms with Crippen LogP contribution in [0, 0.1) is 5.41 Å². The summed E-state index contributed by atoms with van der Waals surface area (Å²) in [7, 11) is 0. The monoisotopic (exact) mass is 331 g/mol. The van der Waals surface area contributed by atoms with Crippen LogP contribution in [0.15, 0.2) is 12.3 Å². The summed E-state index contributed by atoms with van der Waals surface area (Å²) in [6.07, 6.45) is 6.21. The summed E-state index contributed by atoms with van der Waals surface area (Å²) >= 11 is 0. The fourth-order valence-electron chi connectivity index (χ4n) is 3.44. The Balaban J connectivity index is 1.81. The standard InChI is InChI=1S/C19H29N3O2/c1-4-19(2,3)18(23)21-17-12-15-14(13-20-17)6-5-7-16(15)22-8-10-24-11-9-22/h12-13,16H,4-11H2,1-3H3,(H,20,21,23). The lowest BCUT2D eigenvalue weighted by atomic mass is 9.87. The number of amides is 1. The van der Waals surface area contributed by atoms with Gasteiger partial charge in [-0.05, 0) is 42.9 Å². The molecule has 2 aliphatic rings. The molecule has 1 amide bonds. The summed E-state index contributed by atoms with van der Waals surface area (Å²) < 4.78 is 5.49. The highest BCUT2D eigenvalue weighted by atomic mass is 16.5. The molecule has 1 atom stereocenters. The highest BCUT2D eigenvalue weighted by Crippen LogP contribution is 2.35. The number of anilines is 1. The summed E-state index contributed by atoms with van der Waals surface area (Å²) in [6.45, 7) is 9.56. The molecule has 0 aromatic carbocycles. The van der Waals surface area contributed by atoms with Gasteiger partial charge in [0.2, 0.25) is 5.91 Å². The molecule has 0 radical (unpaired) electrons. The topological polar surface area (TPSA) is 54.5 Å². The van der Waals surface area contributed by atoms with E-state index in [1.165, 1.54) is 24.0 Å². The largest absolute Gasteiger partial charge is 0.379 e. The van der Waals surface area contributed by atoms with Gasteiger partial charge in [-0.25, -0.2) is 4.98 Å². The first-order valence-electron chi connectivity index (χ1n) is 9.13. The Bertz CT molecular complexity index is 594. The smallest absolute Gasteiger partial charge is 0.231 e. The van der Waals surface area contributed by atoms with Gasteiger partial charge < -0.3 is 10.1 Å². The van der Waals surface area contributed by atoms with E-state index in [0.717, 1.165) is 39.1 Å². The molecule has 0 saturated carbocycles. The van der Waals surface area contributed by atoms with Crippen LogP contribution in [-0.4, -0.2) is 42.1 Å². The maximum Gasteiger partial charge on any atom is 0.231 e. The van der Waals surface area contributed by atoms with E-state index in [1.807, 2.05) is 27.0 Å². The van der Waals surface area contributed by atoms with Crippen molar-refractivity contribution in [3.8, 4) is 0 Å². The number of morpholine rings is 1. The van der Waals surface area contributed by atoms with E-state index >= 15 is 0 Å². The number of nitrogens with zero attached hydrogens (tertiary/aromatic N) is 2. The second-order valence-corrected chi connectivity index (χ2v) is 7.52. The molecule has 1 saturated heterocycles.